The minimum Gasteiger partial charge on any atom is -0.480 e. The summed E-state index contributed by atoms with van der Waals surface area (Å²) in [6, 6.07) is -0.700. The first-order chi connectivity index (χ1) is 5.70. The SMILES string of the molecule is CC(/N=C/c1nccs1)C(=O)O. The van der Waals surface area contributed by atoms with Crippen molar-refractivity contribution in [3.63, 3.8) is 0 Å². The molecule has 4 nitrogen and oxygen atoms in total. The van der Waals surface area contributed by atoms with E-state index in [-0.39, 0.29) is 0 Å². The number of thiazole rings is 1. The molecular weight excluding hydrogens is 176 g/mol. The lowest BCUT2D eigenvalue weighted by atomic mass is 10.4. The van der Waals surface area contributed by atoms with Crippen LogP contribution in [0.25, 0.3) is 0 Å². The summed E-state index contributed by atoms with van der Waals surface area (Å²) in [6.07, 6.45) is 3.13. The van der Waals surface area contributed by atoms with Crippen molar-refractivity contribution in [2.24, 2.45) is 4.99 Å². The molecule has 0 radical (unpaired) electrons. The maximum Gasteiger partial charge on any atom is 0.328 e. The third-order valence-electron chi connectivity index (χ3n) is 1.22. The molecule has 0 amide bonds. The van der Waals surface area contributed by atoms with Crippen molar-refractivity contribution >= 4 is 23.5 Å². The van der Waals surface area contributed by atoms with E-state index in [0.29, 0.717) is 0 Å². The van der Waals surface area contributed by atoms with Gasteiger partial charge in [-0.15, -0.1) is 11.3 Å². The minimum absolute atomic E-state index is 0.700. The van der Waals surface area contributed by atoms with E-state index < -0.39 is 12.0 Å². The molecule has 1 aromatic rings. The van der Waals surface area contributed by atoms with Gasteiger partial charge in [-0.1, -0.05) is 0 Å². The Bertz CT molecular complexity index is 282. The van der Waals surface area contributed by atoms with E-state index in [1.165, 1.54) is 24.5 Å². The predicted octanol–water partition coefficient (Wildman–Crippen LogP) is 1.04. The summed E-state index contributed by atoms with van der Waals surface area (Å²) >= 11 is 1.42. The number of carboxylic acid groups (broad SMARTS) is 1. The van der Waals surface area contributed by atoms with Crippen LogP contribution in [0.4, 0.5) is 0 Å². The number of rotatable bonds is 3. The van der Waals surface area contributed by atoms with Gasteiger partial charge in [-0.25, -0.2) is 9.78 Å². The molecule has 1 rings (SSSR count). The largest absolute Gasteiger partial charge is 0.480 e. The molecule has 1 heterocycles. The molecule has 0 aliphatic heterocycles. The van der Waals surface area contributed by atoms with Crippen molar-refractivity contribution in [2.75, 3.05) is 0 Å². The van der Waals surface area contributed by atoms with E-state index in [1.807, 2.05) is 5.38 Å². The summed E-state index contributed by atoms with van der Waals surface area (Å²) in [7, 11) is 0. The fraction of sp³-hybridized carbons (Fsp3) is 0.286. The van der Waals surface area contributed by atoms with Crippen LogP contribution in [0.5, 0.6) is 0 Å². The van der Waals surface area contributed by atoms with Crippen LogP contribution in [0.1, 0.15) is 11.9 Å². The van der Waals surface area contributed by atoms with E-state index in [4.69, 9.17) is 5.11 Å². The first-order valence-electron chi connectivity index (χ1n) is 3.35. The van der Waals surface area contributed by atoms with Crippen molar-refractivity contribution < 1.29 is 9.90 Å². The molecule has 0 aliphatic rings. The molecule has 0 saturated carbocycles. The van der Waals surface area contributed by atoms with Crippen LogP contribution in [0.15, 0.2) is 16.6 Å². The van der Waals surface area contributed by atoms with E-state index in [1.54, 1.807) is 6.20 Å². The smallest absolute Gasteiger partial charge is 0.328 e. The third-order valence-corrected chi connectivity index (χ3v) is 1.93. The Morgan fingerprint density at radius 2 is 2.67 bits per heavy atom. The molecule has 0 fully saturated rings. The first kappa shape index (κ1) is 8.86. The summed E-state index contributed by atoms with van der Waals surface area (Å²) in [5, 5.41) is 11.0. The summed E-state index contributed by atoms with van der Waals surface area (Å²) < 4.78 is 0. The van der Waals surface area contributed by atoms with Crippen LogP contribution >= 0.6 is 11.3 Å². The lowest BCUT2D eigenvalue weighted by Gasteiger charge is -1.95. The van der Waals surface area contributed by atoms with Gasteiger partial charge in [0.2, 0.25) is 0 Å². The molecule has 0 saturated heterocycles. The van der Waals surface area contributed by atoms with Gasteiger partial charge in [0.25, 0.3) is 0 Å². The van der Waals surface area contributed by atoms with Gasteiger partial charge < -0.3 is 5.11 Å². The van der Waals surface area contributed by atoms with Gasteiger partial charge in [0.1, 0.15) is 11.0 Å². The molecule has 5 heteroatoms. The average molecular weight is 184 g/mol. The number of nitrogens with zero attached hydrogens (tertiary/aromatic N) is 2. The first-order valence-corrected chi connectivity index (χ1v) is 4.23. The maximum absolute atomic E-state index is 10.3. The van der Waals surface area contributed by atoms with Crippen LogP contribution in [0.3, 0.4) is 0 Å². The van der Waals surface area contributed by atoms with E-state index in [2.05, 4.69) is 9.98 Å². The van der Waals surface area contributed by atoms with Gasteiger partial charge in [0.05, 0.1) is 6.21 Å². The summed E-state index contributed by atoms with van der Waals surface area (Å²) in [5.74, 6) is -0.928. The molecule has 1 aromatic heterocycles. The molecule has 0 bridgehead atoms. The minimum atomic E-state index is -0.928. The second kappa shape index (κ2) is 3.96. The topological polar surface area (TPSA) is 62.5 Å². The van der Waals surface area contributed by atoms with Crippen molar-refractivity contribution in [1.29, 1.82) is 0 Å². The number of hydrogen-bond acceptors (Lipinski definition) is 4. The molecule has 0 spiro atoms. The number of aromatic nitrogens is 1. The number of hydrogen-bond donors (Lipinski definition) is 1. The molecule has 0 aliphatic carbocycles. The molecule has 1 N–H and O–H groups in total. The highest BCUT2D eigenvalue weighted by Gasteiger charge is 2.06. The van der Waals surface area contributed by atoms with Crippen LogP contribution < -0.4 is 0 Å². The second-order valence-corrected chi connectivity index (χ2v) is 3.09. The zero-order valence-corrected chi connectivity index (χ0v) is 7.28. The zero-order valence-electron chi connectivity index (χ0n) is 6.47. The Hall–Kier alpha value is -1.23. The number of carbonyl (C=O) groups is 1. The van der Waals surface area contributed by atoms with E-state index >= 15 is 0 Å². The predicted molar refractivity (Wildman–Crippen MR) is 46.8 cm³/mol. The van der Waals surface area contributed by atoms with Gasteiger partial charge >= 0.3 is 5.97 Å². The van der Waals surface area contributed by atoms with Gasteiger partial charge in [-0.2, -0.15) is 0 Å². The Morgan fingerprint density at radius 1 is 1.92 bits per heavy atom. The molecule has 12 heavy (non-hydrogen) atoms. The fourth-order valence-corrected chi connectivity index (χ4v) is 1.04. The second-order valence-electron chi connectivity index (χ2n) is 2.16. The summed E-state index contributed by atoms with van der Waals surface area (Å²) in [4.78, 5) is 18.0. The number of aliphatic carboxylic acids is 1. The normalized spacial score (nSPS) is 13.4. The van der Waals surface area contributed by atoms with Gasteiger partial charge in [0, 0.05) is 11.6 Å². The van der Waals surface area contributed by atoms with Crippen LogP contribution in [0.2, 0.25) is 0 Å². The molecule has 1 atom stereocenters. The summed E-state index contributed by atoms with van der Waals surface area (Å²) in [6.45, 7) is 1.52. The molecule has 0 aromatic carbocycles. The van der Waals surface area contributed by atoms with Crippen molar-refractivity contribution in [3.05, 3.63) is 16.6 Å². The lowest BCUT2D eigenvalue weighted by Crippen LogP contribution is -2.12. The Kier molecular flexibility index (Phi) is 2.93. The van der Waals surface area contributed by atoms with Gasteiger partial charge in [0.15, 0.2) is 0 Å². The maximum atomic E-state index is 10.3. The van der Waals surface area contributed by atoms with Crippen LogP contribution in [-0.4, -0.2) is 28.3 Å². The highest BCUT2D eigenvalue weighted by Crippen LogP contribution is 2.00. The van der Waals surface area contributed by atoms with Crippen LogP contribution in [0, 0.1) is 0 Å². The lowest BCUT2D eigenvalue weighted by molar-refractivity contribution is -0.137. The Balaban J connectivity index is 2.56. The van der Waals surface area contributed by atoms with Gasteiger partial charge in [-0.3, -0.25) is 4.99 Å². The molecule has 64 valence electrons. The third kappa shape index (κ3) is 2.43. The van der Waals surface area contributed by atoms with Crippen molar-refractivity contribution in [1.82, 2.24) is 4.98 Å². The zero-order chi connectivity index (χ0) is 8.97. The monoisotopic (exact) mass is 184 g/mol. The average Bonchev–Trinajstić information content (AvgIpc) is 2.51. The van der Waals surface area contributed by atoms with Crippen molar-refractivity contribution in [2.45, 2.75) is 13.0 Å². The number of aliphatic imine (C=N–C) groups is 1. The Labute approximate surface area is 73.6 Å². The van der Waals surface area contributed by atoms with Gasteiger partial charge in [-0.05, 0) is 6.92 Å². The molecular formula is C7H8N2O2S. The summed E-state index contributed by atoms with van der Waals surface area (Å²) in [5.41, 5.74) is 0. The highest BCUT2D eigenvalue weighted by molar-refractivity contribution is 7.11. The Morgan fingerprint density at radius 3 is 3.17 bits per heavy atom. The number of carboxylic acids is 1. The van der Waals surface area contributed by atoms with Crippen LogP contribution in [-0.2, 0) is 4.79 Å². The fourth-order valence-electron chi connectivity index (χ4n) is 0.538. The molecule has 1 unspecified atom stereocenters. The standard InChI is InChI=1S/C7H8N2O2S/c1-5(7(10)11)9-4-6-8-2-3-12-6/h2-5H,1H3,(H,10,11)/b9-4+. The van der Waals surface area contributed by atoms with E-state index in [9.17, 15) is 4.79 Å². The quantitative estimate of drug-likeness (QED) is 0.714. The van der Waals surface area contributed by atoms with Crippen molar-refractivity contribution in [3.8, 4) is 0 Å². The highest BCUT2D eigenvalue weighted by atomic mass is 32.1. The van der Waals surface area contributed by atoms with E-state index in [0.717, 1.165) is 5.01 Å².